The van der Waals surface area contributed by atoms with Crippen LogP contribution in [0.3, 0.4) is 0 Å². The Balaban J connectivity index is 1.59. The Morgan fingerprint density at radius 1 is 1.32 bits per heavy atom. The third-order valence-corrected chi connectivity index (χ3v) is 3.86. The van der Waals surface area contributed by atoms with Crippen molar-refractivity contribution in [3.8, 4) is 5.75 Å². The Kier molecular flexibility index (Phi) is 5.79. The molecule has 1 amide bonds. The molecule has 0 aliphatic carbocycles. The van der Waals surface area contributed by atoms with Crippen LogP contribution in [0.15, 0.2) is 36.7 Å². The van der Waals surface area contributed by atoms with Gasteiger partial charge in [-0.05, 0) is 31.9 Å². The number of nitrogens with one attached hydrogen (secondary N) is 2. The van der Waals surface area contributed by atoms with E-state index in [4.69, 9.17) is 9.47 Å². The normalized spacial score (nSPS) is 16.4. The van der Waals surface area contributed by atoms with E-state index >= 15 is 0 Å². The lowest BCUT2D eigenvalue weighted by Crippen LogP contribution is -2.31. The molecule has 0 radical (unpaired) electrons. The summed E-state index contributed by atoms with van der Waals surface area (Å²) in [6.07, 6.45) is 5.15. The first-order valence-corrected chi connectivity index (χ1v) is 8.47. The lowest BCUT2D eigenvalue weighted by molar-refractivity contribution is 0.0857. The summed E-state index contributed by atoms with van der Waals surface area (Å²) in [5.41, 5.74) is 1.20. The van der Waals surface area contributed by atoms with E-state index in [1.165, 1.54) is 12.4 Å². The molecule has 0 saturated carbocycles. The number of nitrogens with zero attached hydrogens (tertiary/aromatic N) is 2. The van der Waals surface area contributed by atoms with Crippen LogP contribution >= 0.6 is 0 Å². The van der Waals surface area contributed by atoms with Gasteiger partial charge in [0, 0.05) is 25.5 Å². The van der Waals surface area contributed by atoms with Gasteiger partial charge in [0.05, 0.1) is 24.0 Å². The molecule has 0 bridgehead atoms. The highest BCUT2D eigenvalue weighted by molar-refractivity contribution is 5.93. The average Bonchev–Trinajstić information content (AvgIpc) is 3.16. The molecular formula is C18H22N4O3. The smallest absolute Gasteiger partial charge is 0.254 e. The molecule has 3 rings (SSSR count). The van der Waals surface area contributed by atoms with Crippen molar-refractivity contribution >= 4 is 17.5 Å². The van der Waals surface area contributed by atoms with Crippen molar-refractivity contribution in [2.45, 2.75) is 25.9 Å². The fraction of sp³-hybridized carbons (Fsp3) is 0.389. The molecule has 1 unspecified atom stereocenters. The molecule has 1 saturated heterocycles. The zero-order chi connectivity index (χ0) is 17.5. The fourth-order valence-corrected chi connectivity index (χ4v) is 2.60. The minimum atomic E-state index is -0.197. The summed E-state index contributed by atoms with van der Waals surface area (Å²) >= 11 is 0. The maximum atomic E-state index is 12.1. The van der Waals surface area contributed by atoms with Crippen LogP contribution in [-0.2, 0) is 4.74 Å². The van der Waals surface area contributed by atoms with Crippen LogP contribution < -0.4 is 15.4 Å². The third-order valence-electron chi connectivity index (χ3n) is 3.86. The molecule has 0 spiro atoms. The van der Waals surface area contributed by atoms with E-state index in [1.807, 2.05) is 31.2 Å². The first-order valence-electron chi connectivity index (χ1n) is 8.47. The van der Waals surface area contributed by atoms with Crippen molar-refractivity contribution in [3.63, 3.8) is 0 Å². The van der Waals surface area contributed by atoms with Crippen molar-refractivity contribution in [1.29, 1.82) is 0 Å². The number of carbonyl (C=O) groups is 1. The van der Waals surface area contributed by atoms with E-state index in [-0.39, 0.29) is 12.0 Å². The van der Waals surface area contributed by atoms with Crippen LogP contribution in [0.4, 0.5) is 11.6 Å². The minimum Gasteiger partial charge on any atom is -0.492 e. The summed E-state index contributed by atoms with van der Waals surface area (Å²) in [4.78, 5) is 20.5. The lowest BCUT2D eigenvalue weighted by Gasteiger charge is -2.12. The zero-order valence-corrected chi connectivity index (χ0v) is 14.2. The van der Waals surface area contributed by atoms with Gasteiger partial charge in [-0.2, -0.15) is 0 Å². The number of rotatable bonds is 7. The number of carbonyl (C=O) groups excluding carboxylic acids is 1. The molecular weight excluding hydrogens is 320 g/mol. The molecule has 1 aliphatic rings. The van der Waals surface area contributed by atoms with Gasteiger partial charge >= 0.3 is 0 Å². The van der Waals surface area contributed by atoms with Crippen LogP contribution in [-0.4, -0.2) is 41.7 Å². The predicted octanol–water partition coefficient (Wildman–Crippen LogP) is 2.53. The quantitative estimate of drug-likeness (QED) is 0.804. The number of ether oxygens (including phenoxy) is 2. The highest BCUT2D eigenvalue weighted by Crippen LogP contribution is 2.25. The predicted molar refractivity (Wildman–Crippen MR) is 94.2 cm³/mol. The number of hydrogen-bond acceptors (Lipinski definition) is 6. The van der Waals surface area contributed by atoms with Gasteiger partial charge in [-0.25, -0.2) is 9.97 Å². The molecule has 7 nitrogen and oxygen atoms in total. The molecule has 1 aromatic carbocycles. The number of hydrogen-bond donors (Lipinski definition) is 2. The topological polar surface area (TPSA) is 85.4 Å². The minimum absolute atomic E-state index is 0.112. The molecule has 132 valence electrons. The van der Waals surface area contributed by atoms with Crippen molar-refractivity contribution in [2.75, 3.05) is 25.1 Å². The molecule has 1 aliphatic heterocycles. The molecule has 1 aromatic heterocycles. The fourth-order valence-electron chi connectivity index (χ4n) is 2.60. The summed E-state index contributed by atoms with van der Waals surface area (Å²) in [6.45, 7) is 3.79. The summed E-state index contributed by atoms with van der Waals surface area (Å²) in [5.74, 6) is 0.937. The number of benzene rings is 1. The van der Waals surface area contributed by atoms with Gasteiger partial charge in [0.25, 0.3) is 5.91 Å². The van der Waals surface area contributed by atoms with E-state index in [0.29, 0.717) is 24.7 Å². The Bertz CT molecular complexity index is 700. The monoisotopic (exact) mass is 342 g/mol. The van der Waals surface area contributed by atoms with Gasteiger partial charge in [0.2, 0.25) is 5.95 Å². The van der Waals surface area contributed by atoms with E-state index < -0.39 is 0 Å². The number of aromatic nitrogens is 2. The van der Waals surface area contributed by atoms with Crippen molar-refractivity contribution in [2.24, 2.45) is 0 Å². The molecule has 7 heteroatoms. The van der Waals surface area contributed by atoms with Gasteiger partial charge in [-0.1, -0.05) is 12.1 Å². The second-order valence-electron chi connectivity index (χ2n) is 5.69. The van der Waals surface area contributed by atoms with Crippen molar-refractivity contribution in [3.05, 3.63) is 42.2 Å². The van der Waals surface area contributed by atoms with Crippen molar-refractivity contribution < 1.29 is 14.3 Å². The van der Waals surface area contributed by atoms with Gasteiger partial charge in [-0.3, -0.25) is 4.79 Å². The molecule has 25 heavy (non-hydrogen) atoms. The molecule has 1 atom stereocenters. The number of anilines is 2. The third kappa shape index (κ3) is 4.67. The summed E-state index contributed by atoms with van der Waals surface area (Å²) in [6, 6.07) is 7.56. The first kappa shape index (κ1) is 17.2. The van der Waals surface area contributed by atoms with Gasteiger partial charge in [-0.15, -0.1) is 0 Å². The van der Waals surface area contributed by atoms with Crippen molar-refractivity contribution in [1.82, 2.24) is 15.3 Å². The molecule has 2 aromatic rings. The highest BCUT2D eigenvalue weighted by atomic mass is 16.5. The molecule has 1 fully saturated rings. The van der Waals surface area contributed by atoms with E-state index in [2.05, 4.69) is 20.6 Å². The SMILES string of the molecule is CCOc1ccccc1Nc1ncc(C(=O)NCC2CCCO2)cn1. The number of para-hydroxylation sites is 2. The summed E-state index contributed by atoms with van der Waals surface area (Å²) < 4.78 is 11.0. The Morgan fingerprint density at radius 3 is 2.84 bits per heavy atom. The maximum Gasteiger partial charge on any atom is 0.254 e. The molecule has 2 N–H and O–H groups in total. The Morgan fingerprint density at radius 2 is 2.12 bits per heavy atom. The largest absolute Gasteiger partial charge is 0.492 e. The Labute approximate surface area is 146 Å². The van der Waals surface area contributed by atoms with E-state index in [9.17, 15) is 4.79 Å². The zero-order valence-electron chi connectivity index (χ0n) is 14.2. The standard InChI is InChI=1S/C18H22N4O3/c1-2-24-16-8-4-3-7-15(16)22-18-20-10-13(11-21-18)17(23)19-12-14-6-5-9-25-14/h3-4,7-8,10-11,14H,2,5-6,9,12H2,1H3,(H,19,23)(H,20,21,22). The Hall–Kier alpha value is -2.67. The van der Waals surface area contributed by atoms with Crippen LogP contribution in [0.25, 0.3) is 0 Å². The second kappa shape index (κ2) is 8.43. The van der Waals surface area contributed by atoms with Gasteiger partial charge in [0.1, 0.15) is 5.75 Å². The first-order chi connectivity index (χ1) is 12.3. The van der Waals surface area contributed by atoms with Crippen LogP contribution in [0.2, 0.25) is 0 Å². The van der Waals surface area contributed by atoms with Gasteiger partial charge in [0.15, 0.2) is 0 Å². The van der Waals surface area contributed by atoms with E-state index in [0.717, 1.165) is 30.9 Å². The maximum absolute atomic E-state index is 12.1. The average molecular weight is 342 g/mol. The summed E-state index contributed by atoms with van der Waals surface area (Å²) in [5, 5.41) is 5.95. The lowest BCUT2D eigenvalue weighted by atomic mass is 10.2. The number of amides is 1. The van der Waals surface area contributed by atoms with Crippen LogP contribution in [0.5, 0.6) is 5.75 Å². The van der Waals surface area contributed by atoms with Crippen LogP contribution in [0.1, 0.15) is 30.1 Å². The van der Waals surface area contributed by atoms with Gasteiger partial charge < -0.3 is 20.1 Å². The second-order valence-corrected chi connectivity index (χ2v) is 5.69. The highest BCUT2D eigenvalue weighted by Gasteiger charge is 2.17. The molecule has 2 heterocycles. The summed E-state index contributed by atoms with van der Waals surface area (Å²) in [7, 11) is 0. The van der Waals surface area contributed by atoms with E-state index in [1.54, 1.807) is 0 Å². The van der Waals surface area contributed by atoms with Crippen LogP contribution in [0, 0.1) is 0 Å².